The molecule has 0 bridgehead atoms. The standard InChI is InChI=1S/C30H39ClN5O2.Li/c1-4-38-30(37)36-14-11-25-26-20-24(31)9-10-27(26)32-28(25)29(36)23-8-5-7-22(19-23)21-35-17-15-34(16-18-35)13-6-12-33(2)3;/h5,7-10,19-20,29H,4,6,11-18,21H2,1-3H3;/q-1;+1. The van der Waals surface area contributed by atoms with Gasteiger partial charge < -0.3 is 19.5 Å². The molecule has 0 saturated carbocycles. The number of aromatic nitrogens is 1. The number of nitrogens with zero attached hydrogens (tertiary/aromatic N) is 5. The molecule has 1 atom stereocenters. The Hall–Kier alpha value is -1.98. The smallest absolute Gasteiger partial charge is 0.659 e. The van der Waals surface area contributed by atoms with Crippen LogP contribution in [0.5, 0.6) is 0 Å². The predicted molar refractivity (Wildman–Crippen MR) is 153 cm³/mol. The number of benzene rings is 2. The van der Waals surface area contributed by atoms with Crippen LogP contribution in [0.2, 0.25) is 5.02 Å². The molecule has 1 unspecified atom stereocenters. The molecule has 2 aromatic carbocycles. The number of hydrogen-bond donors (Lipinski definition) is 0. The van der Waals surface area contributed by atoms with Crippen molar-refractivity contribution in [3.63, 3.8) is 0 Å². The van der Waals surface area contributed by atoms with Gasteiger partial charge in [-0.3, -0.25) is 9.80 Å². The second-order valence-corrected chi connectivity index (χ2v) is 11.1. The van der Waals surface area contributed by atoms with Gasteiger partial charge in [-0.25, -0.2) is 4.79 Å². The van der Waals surface area contributed by atoms with Crippen LogP contribution in [0.3, 0.4) is 0 Å². The summed E-state index contributed by atoms with van der Waals surface area (Å²) in [5.41, 5.74) is 5.38. The van der Waals surface area contributed by atoms with Crippen LogP contribution in [0.1, 0.15) is 41.8 Å². The van der Waals surface area contributed by atoms with E-state index < -0.39 is 0 Å². The fourth-order valence-corrected chi connectivity index (χ4v) is 5.99. The number of piperazine rings is 1. The van der Waals surface area contributed by atoms with Gasteiger partial charge in [-0.15, -0.1) is 11.2 Å². The SMILES string of the molecule is CCOC(=O)N1CCc2c([n-]c3ccc(Cl)cc23)C1c1cccc(CN2CCN(CCCN(C)C)CC2)c1.[Li+]. The predicted octanol–water partition coefficient (Wildman–Crippen LogP) is 1.63. The molecule has 0 spiro atoms. The van der Waals surface area contributed by atoms with Crippen molar-refractivity contribution in [2.24, 2.45) is 0 Å². The molecular weight excluding hydrogens is 505 g/mol. The molecule has 39 heavy (non-hydrogen) atoms. The molecule has 9 heteroatoms. The van der Waals surface area contributed by atoms with Crippen LogP contribution in [0, 0.1) is 0 Å². The van der Waals surface area contributed by atoms with Gasteiger partial charge in [0.05, 0.1) is 12.6 Å². The first kappa shape index (κ1) is 30.0. The van der Waals surface area contributed by atoms with Crippen molar-refractivity contribution in [3.8, 4) is 0 Å². The van der Waals surface area contributed by atoms with Gasteiger partial charge in [0.2, 0.25) is 0 Å². The van der Waals surface area contributed by atoms with Crippen molar-refractivity contribution in [1.82, 2.24) is 24.6 Å². The zero-order valence-corrected chi connectivity index (χ0v) is 24.6. The first-order valence-electron chi connectivity index (χ1n) is 13.8. The molecule has 2 aliphatic heterocycles. The van der Waals surface area contributed by atoms with E-state index in [1.807, 2.05) is 30.0 Å². The van der Waals surface area contributed by atoms with Crippen molar-refractivity contribution in [2.75, 3.05) is 66.5 Å². The summed E-state index contributed by atoms with van der Waals surface area (Å²) < 4.78 is 5.47. The van der Waals surface area contributed by atoms with Crippen LogP contribution in [-0.4, -0.2) is 92.2 Å². The second-order valence-electron chi connectivity index (χ2n) is 10.7. The van der Waals surface area contributed by atoms with Crippen LogP contribution in [0.15, 0.2) is 42.5 Å². The normalized spacial score (nSPS) is 18.3. The van der Waals surface area contributed by atoms with E-state index in [1.165, 1.54) is 24.1 Å². The molecule has 1 fully saturated rings. The van der Waals surface area contributed by atoms with Crippen molar-refractivity contribution >= 4 is 28.6 Å². The monoisotopic (exact) mass is 543 g/mol. The van der Waals surface area contributed by atoms with Crippen LogP contribution < -0.4 is 23.8 Å². The molecule has 3 heterocycles. The average molecular weight is 544 g/mol. The Morgan fingerprint density at radius 1 is 1.08 bits per heavy atom. The van der Waals surface area contributed by atoms with Crippen molar-refractivity contribution in [1.29, 1.82) is 0 Å². The molecule has 3 aromatic rings. The van der Waals surface area contributed by atoms with E-state index in [2.05, 4.69) is 53.1 Å². The summed E-state index contributed by atoms with van der Waals surface area (Å²) in [6.45, 7) is 10.4. The van der Waals surface area contributed by atoms with E-state index in [0.29, 0.717) is 18.2 Å². The van der Waals surface area contributed by atoms with Crippen LogP contribution in [-0.2, 0) is 17.7 Å². The molecule has 7 nitrogen and oxygen atoms in total. The fourth-order valence-electron chi connectivity index (χ4n) is 5.82. The van der Waals surface area contributed by atoms with Gasteiger partial charge in [0, 0.05) is 44.3 Å². The van der Waals surface area contributed by atoms with Gasteiger partial charge in [-0.1, -0.05) is 47.5 Å². The van der Waals surface area contributed by atoms with E-state index in [0.717, 1.165) is 67.8 Å². The van der Waals surface area contributed by atoms with Gasteiger partial charge in [-0.2, -0.15) is 0 Å². The second kappa shape index (κ2) is 13.6. The summed E-state index contributed by atoms with van der Waals surface area (Å²) in [4.78, 5) is 27.3. The third kappa shape index (κ3) is 7.03. The molecule has 0 N–H and O–H groups in total. The van der Waals surface area contributed by atoms with Crippen molar-refractivity contribution in [2.45, 2.75) is 32.4 Å². The Balaban J connectivity index is 0.00000353. The maximum atomic E-state index is 13.0. The summed E-state index contributed by atoms with van der Waals surface area (Å²) >= 11 is 6.33. The molecule has 204 valence electrons. The van der Waals surface area contributed by atoms with Gasteiger partial charge in [0.25, 0.3) is 0 Å². The van der Waals surface area contributed by atoms with E-state index >= 15 is 0 Å². The number of fused-ring (bicyclic) bond motifs is 3. The maximum absolute atomic E-state index is 13.0. The van der Waals surface area contributed by atoms with E-state index in [1.54, 1.807) is 0 Å². The first-order valence-corrected chi connectivity index (χ1v) is 14.2. The summed E-state index contributed by atoms with van der Waals surface area (Å²) in [7, 11) is 4.27. The molecule has 1 saturated heterocycles. The van der Waals surface area contributed by atoms with E-state index in [-0.39, 0.29) is 31.0 Å². The topological polar surface area (TPSA) is 53.4 Å². The van der Waals surface area contributed by atoms with Gasteiger partial charge in [0.15, 0.2) is 0 Å². The zero-order valence-electron chi connectivity index (χ0n) is 23.8. The van der Waals surface area contributed by atoms with Crippen LogP contribution in [0.25, 0.3) is 10.9 Å². The molecular formula is C30H39ClLiN5O2. The Bertz CT molecular complexity index is 1260. The third-order valence-corrected chi connectivity index (χ3v) is 7.96. The quantitative estimate of drug-likeness (QED) is 0.403. The summed E-state index contributed by atoms with van der Waals surface area (Å²) in [5, 5.41) is 1.79. The molecule has 5 rings (SSSR count). The Morgan fingerprint density at radius 2 is 1.85 bits per heavy atom. The summed E-state index contributed by atoms with van der Waals surface area (Å²) in [5.74, 6) is 0. The number of rotatable bonds is 8. The Kier molecular flexibility index (Phi) is 10.4. The minimum atomic E-state index is -0.288. The molecule has 2 aliphatic rings. The van der Waals surface area contributed by atoms with Gasteiger partial charge >= 0.3 is 25.0 Å². The van der Waals surface area contributed by atoms with Crippen molar-refractivity contribution < 1.29 is 28.4 Å². The van der Waals surface area contributed by atoms with Crippen LogP contribution in [0.4, 0.5) is 4.79 Å². The number of carbonyl (C=O) groups is 1. The van der Waals surface area contributed by atoms with Crippen molar-refractivity contribution in [3.05, 3.63) is 69.9 Å². The Labute approximate surface area is 249 Å². The maximum Gasteiger partial charge on any atom is 1.00 e. The minimum absolute atomic E-state index is 0. The molecule has 1 amide bonds. The summed E-state index contributed by atoms with van der Waals surface area (Å²) in [6, 6.07) is 14.2. The number of ether oxygens (including phenoxy) is 1. The number of hydrogen-bond acceptors (Lipinski definition) is 5. The first-order chi connectivity index (χ1) is 18.4. The Morgan fingerprint density at radius 3 is 2.59 bits per heavy atom. The average Bonchev–Trinajstić information content (AvgIpc) is 3.27. The van der Waals surface area contributed by atoms with Crippen LogP contribution >= 0.6 is 11.6 Å². The minimum Gasteiger partial charge on any atom is -0.659 e. The van der Waals surface area contributed by atoms with E-state index in [9.17, 15) is 4.79 Å². The molecule has 0 aliphatic carbocycles. The molecule has 1 aromatic heterocycles. The van der Waals surface area contributed by atoms with Gasteiger partial charge in [0.1, 0.15) is 0 Å². The number of carbonyl (C=O) groups excluding carboxylic acids is 1. The van der Waals surface area contributed by atoms with E-state index in [4.69, 9.17) is 21.3 Å². The number of amides is 1. The zero-order chi connectivity index (χ0) is 26.6. The third-order valence-electron chi connectivity index (χ3n) is 7.73. The molecule has 0 radical (unpaired) electrons. The fraction of sp³-hybridized carbons (Fsp3) is 0.500. The number of halogens is 1. The van der Waals surface area contributed by atoms with Gasteiger partial charge in [-0.05, 0) is 75.6 Å². The summed E-state index contributed by atoms with van der Waals surface area (Å²) in [6.07, 6.45) is 1.66. The largest absolute Gasteiger partial charge is 1.00 e.